The van der Waals surface area contributed by atoms with E-state index in [-0.39, 0.29) is 0 Å². The summed E-state index contributed by atoms with van der Waals surface area (Å²) in [4.78, 5) is 0.766. The van der Waals surface area contributed by atoms with Crippen LogP contribution < -0.4 is 0 Å². The molecule has 0 aromatic heterocycles. The van der Waals surface area contributed by atoms with Gasteiger partial charge in [-0.05, 0) is 38.0 Å². The second-order valence-corrected chi connectivity index (χ2v) is 5.14. The number of ether oxygens (including phenoxy) is 1. The van der Waals surface area contributed by atoms with E-state index in [2.05, 4.69) is 22.9 Å². The molecule has 1 atom stereocenters. The molecule has 2 heteroatoms. The van der Waals surface area contributed by atoms with E-state index < -0.39 is 0 Å². The fraction of sp³-hybridized carbons (Fsp3) is 1.00. The van der Waals surface area contributed by atoms with Crippen molar-refractivity contribution in [3.63, 3.8) is 0 Å². The Morgan fingerprint density at radius 1 is 1.31 bits per heavy atom. The Morgan fingerprint density at radius 3 is 2.62 bits per heavy atom. The topological polar surface area (TPSA) is 9.23 Å². The maximum absolute atomic E-state index is 5.50. The standard InChI is InChI=1S/C11H21BrO/c1-2-3-8-13-9-4-5-11(12)10-6-7-10/h10-11H,2-9H2,1H3. The van der Waals surface area contributed by atoms with Crippen molar-refractivity contribution in [1.82, 2.24) is 0 Å². The lowest BCUT2D eigenvalue weighted by atomic mass is 10.2. The molecule has 13 heavy (non-hydrogen) atoms. The zero-order valence-corrected chi connectivity index (χ0v) is 10.2. The highest BCUT2D eigenvalue weighted by Gasteiger charge is 2.28. The van der Waals surface area contributed by atoms with Crippen molar-refractivity contribution in [1.29, 1.82) is 0 Å². The van der Waals surface area contributed by atoms with E-state index in [4.69, 9.17) is 4.74 Å². The van der Waals surface area contributed by atoms with Crippen LogP contribution in [0.25, 0.3) is 0 Å². The monoisotopic (exact) mass is 248 g/mol. The summed E-state index contributed by atoms with van der Waals surface area (Å²) in [5.41, 5.74) is 0. The maximum Gasteiger partial charge on any atom is 0.0466 e. The molecule has 1 rings (SSSR count). The van der Waals surface area contributed by atoms with E-state index in [9.17, 15) is 0 Å². The molecule has 78 valence electrons. The number of alkyl halides is 1. The zero-order chi connectivity index (χ0) is 9.52. The van der Waals surface area contributed by atoms with E-state index in [0.717, 1.165) is 24.0 Å². The average Bonchev–Trinajstić information content (AvgIpc) is 2.93. The number of unbranched alkanes of at least 4 members (excludes halogenated alkanes) is 1. The molecule has 0 spiro atoms. The summed E-state index contributed by atoms with van der Waals surface area (Å²) in [5, 5.41) is 0. The van der Waals surface area contributed by atoms with Gasteiger partial charge in [0.1, 0.15) is 0 Å². The molecule has 1 unspecified atom stereocenters. The first-order valence-corrected chi connectivity index (χ1v) is 6.48. The van der Waals surface area contributed by atoms with Gasteiger partial charge in [0, 0.05) is 18.0 Å². The zero-order valence-electron chi connectivity index (χ0n) is 8.60. The second kappa shape index (κ2) is 6.83. The molecule has 1 aliphatic carbocycles. The number of hydrogen-bond acceptors (Lipinski definition) is 1. The highest BCUT2D eigenvalue weighted by Crippen LogP contribution is 2.38. The molecule has 1 aliphatic rings. The Bertz CT molecular complexity index is 123. The summed E-state index contributed by atoms with van der Waals surface area (Å²) in [6.45, 7) is 4.10. The summed E-state index contributed by atoms with van der Waals surface area (Å²) in [6, 6.07) is 0. The van der Waals surface area contributed by atoms with Crippen LogP contribution in [-0.2, 0) is 4.74 Å². The van der Waals surface area contributed by atoms with Gasteiger partial charge in [-0.2, -0.15) is 0 Å². The largest absolute Gasteiger partial charge is 0.381 e. The Labute approximate surface area is 90.4 Å². The maximum atomic E-state index is 5.50. The third-order valence-corrected chi connectivity index (χ3v) is 3.75. The fourth-order valence-corrected chi connectivity index (χ4v) is 2.27. The van der Waals surface area contributed by atoms with E-state index in [0.29, 0.717) is 0 Å². The molecular formula is C11H21BrO. The van der Waals surface area contributed by atoms with Crippen LogP contribution in [0.15, 0.2) is 0 Å². The van der Waals surface area contributed by atoms with Crippen LogP contribution in [-0.4, -0.2) is 18.0 Å². The average molecular weight is 249 g/mol. The van der Waals surface area contributed by atoms with Gasteiger partial charge in [0.15, 0.2) is 0 Å². The molecule has 0 amide bonds. The van der Waals surface area contributed by atoms with Gasteiger partial charge in [0.25, 0.3) is 0 Å². The lowest BCUT2D eigenvalue weighted by molar-refractivity contribution is 0.127. The van der Waals surface area contributed by atoms with E-state index in [1.165, 1.54) is 38.5 Å². The van der Waals surface area contributed by atoms with Crippen LogP contribution in [0.1, 0.15) is 45.4 Å². The van der Waals surface area contributed by atoms with Crippen LogP contribution in [0.2, 0.25) is 0 Å². The minimum atomic E-state index is 0.766. The lowest BCUT2D eigenvalue weighted by Gasteiger charge is -2.07. The van der Waals surface area contributed by atoms with Crippen molar-refractivity contribution in [2.75, 3.05) is 13.2 Å². The fourth-order valence-electron chi connectivity index (χ4n) is 1.42. The van der Waals surface area contributed by atoms with Crippen molar-refractivity contribution in [3.05, 3.63) is 0 Å². The Morgan fingerprint density at radius 2 is 2.00 bits per heavy atom. The third-order valence-electron chi connectivity index (χ3n) is 2.54. The van der Waals surface area contributed by atoms with Crippen molar-refractivity contribution in [2.45, 2.75) is 50.3 Å². The van der Waals surface area contributed by atoms with Gasteiger partial charge in [-0.1, -0.05) is 29.3 Å². The lowest BCUT2D eigenvalue weighted by Crippen LogP contribution is -2.03. The highest BCUT2D eigenvalue weighted by atomic mass is 79.9. The predicted octanol–water partition coefficient (Wildman–Crippen LogP) is 3.76. The molecule has 0 bridgehead atoms. The van der Waals surface area contributed by atoms with Gasteiger partial charge in [0.05, 0.1) is 0 Å². The first kappa shape index (κ1) is 11.5. The minimum absolute atomic E-state index is 0.766. The Kier molecular flexibility index (Phi) is 6.05. The first-order valence-electron chi connectivity index (χ1n) is 5.56. The number of halogens is 1. The van der Waals surface area contributed by atoms with Gasteiger partial charge in [-0.15, -0.1) is 0 Å². The third kappa shape index (κ3) is 5.69. The van der Waals surface area contributed by atoms with Crippen LogP contribution >= 0.6 is 15.9 Å². The van der Waals surface area contributed by atoms with Gasteiger partial charge in [0.2, 0.25) is 0 Å². The summed E-state index contributed by atoms with van der Waals surface area (Å²) in [7, 11) is 0. The van der Waals surface area contributed by atoms with Gasteiger partial charge in [-0.25, -0.2) is 0 Å². The van der Waals surface area contributed by atoms with Crippen LogP contribution in [0.4, 0.5) is 0 Å². The highest BCUT2D eigenvalue weighted by molar-refractivity contribution is 9.09. The van der Waals surface area contributed by atoms with E-state index >= 15 is 0 Å². The molecule has 0 N–H and O–H groups in total. The van der Waals surface area contributed by atoms with Gasteiger partial charge >= 0.3 is 0 Å². The Balaban J connectivity index is 1.77. The molecule has 0 aromatic carbocycles. The molecule has 1 nitrogen and oxygen atoms in total. The summed E-state index contributed by atoms with van der Waals surface area (Å²) in [5.74, 6) is 0.982. The normalized spacial score (nSPS) is 18.9. The van der Waals surface area contributed by atoms with Crippen molar-refractivity contribution in [3.8, 4) is 0 Å². The molecule has 0 aliphatic heterocycles. The molecular weight excluding hydrogens is 228 g/mol. The summed E-state index contributed by atoms with van der Waals surface area (Å²) in [6.07, 6.45) is 7.83. The van der Waals surface area contributed by atoms with Gasteiger partial charge in [-0.3, -0.25) is 0 Å². The summed E-state index contributed by atoms with van der Waals surface area (Å²) >= 11 is 3.73. The van der Waals surface area contributed by atoms with Crippen LogP contribution in [0.5, 0.6) is 0 Å². The predicted molar refractivity (Wildman–Crippen MR) is 60.4 cm³/mol. The summed E-state index contributed by atoms with van der Waals surface area (Å²) < 4.78 is 5.50. The van der Waals surface area contributed by atoms with E-state index in [1.807, 2.05) is 0 Å². The van der Waals surface area contributed by atoms with E-state index in [1.54, 1.807) is 0 Å². The Hall–Kier alpha value is 0.440. The minimum Gasteiger partial charge on any atom is -0.381 e. The van der Waals surface area contributed by atoms with Crippen LogP contribution in [0, 0.1) is 5.92 Å². The number of rotatable bonds is 8. The van der Waals surface area contributed by atoms with Crippen LogP contribution in [0.3, 0.4) is 0 Å². The molecule has 0 aromatic rings. The van der Waals surface area contributed by atoms with Crippen molar-refractivity contribution >= 4 is 15.9 Å². The van der Waals surface area contributed by atoms with Crippen molar-refractivity contribution < 1.29 is 4.74 Å². The molecule has 0 radical (unpaired) electrons. The van der Waals surface area contributed by atoms with Crippen molar-refractivity contribution in [2.24, 2.45) is 5.92 Å². The van der Waals surface area contributed by atoms with Gasteiger partial charge < -0.3 is 4.74 Å². The molecule has 0 heterocycles. The molecule has 1 saturated carbocycles. The SMILES string of the molecule is CCCCOCCCC(Br)C1CC1. The molecule has 1 fully saturated rings. The molecule has 0 saturated heterocycles. The quantitative estimate of drug-likeness (QED) is 0.470. The first-order chi connectivity index (χ1) is 6.34. The number of hydrogen-bond donors (Lipinski definition) is 0. The second-order valence-electron chi connectivity index (χ2n) is 3.96. The smallest absolute Gasteiger partial charge is 0.0466 e.